The van der Waals surface area contributed by atoms with E-state index < -0.39 is 33.0 Å². The van der Waals surface area contributed by atoms with Crippen LogP contribution in [-0.4, -0.2) is 26.9 Å². The lowest BCUT2D eigenvalue weighted by molar-refractivity contribution is 0.0625. The highest BCUT2D eigenvalue weighted by Crippen LogP contribution is 2.35. The Kier molecular flexibility index (Phi) is 4.87. The first kappa shape index (κ1) is 18.6. The normalized spacial score (nSPS) is 15.7. The molecule has 0 amide bonds. The first-order valence-corrected chi connectivity index (χ1v) is 9.35. The summed E-state index contributed by atoms with van der Waals surface area (Å²) in [6, 6.07) is 7.36. The fraction of sp³-hybridized carbons (Fsp3) is 0.294. The topological polar surface area (TPSA) is 84.9 Å². The molecule has 1 atom stereocenters. The molecule has 2 N–H and O–H groups in total. The molecule has 0 bridgehead atoms. The van der Waals surface area contributed by atoms with Gasteiger partial charge in [-0.1, -0.05) is 6.07 Å². The van der Waals surface area contributed by atoms with Crippen molar-refractivity contribution in [2.75, 3.05) is 13.3 Å². The molecule has 9 heteroatoms. The monoisotopic (exact) mass is 385 g/mol. The third-order valence-electron chi connectivity index (χ3n) is 3.98. The largest absolute Gasteiger partial charge is 0.454 e. The summed E-state index contributed by atoms with van der Waals surface area (Å²) in [7, 11) is -4.00. The third kappa shape index (κ3) is 4.12. The van der Waals surface area contributed by atoms with Crippen LogP contribution in [0.4, 0.5) is 8.78 Å². The van der Waals surface area contributed by atoms with Gasteiger partial charge in [-0.15, -0.1) is 0 Å². The predicted molar refractivity (Wildman–Crippen MR) is 89.1 cm³/mol. The average molecular weight is 385 g/mol. The van der Waals surface area contributed by atoms with Gasteiger partial charge >= 0.3 is 0 Å². The summed E-state index contributed by atoms with van der Waals surface area (Å²) in [6.07, 6.45) is 0. The standard InChI is InChI=1S/C17H17F2NO5S/c1-17(21,12-2-5-15-16(7-12)25-10-24-15)9-20-26(22,23)8-11-6-13(18)3-4-14(11)19/h2-7,20-21H,8-10H2,1H3. The molecule has 2 aromatic rings. The lowest BCUT2D eigenvalue weighted by Crippen LogP contribution is -2.39. The second-order valence-electron chi connectivity index (χ2n) is 6.16. The number of hydrogen-bond donors (Lipinski definition) is 2. The number of fused-ring (bicyclic) bond motifs is 1. The van der Waals surface area contributed by atoms with Crippen molar-refractivity contribution in [1.29, 1.82) is 0 Å². The van der Waals surface area contributed by atoms with Crippen LogP contribution in [0, 0.1) is 11.6 Å². The molecule has 6 nitrogen and oxygen atoms in total. The summed E-state index contributed by atoms with van der Waals surface area (Å²) in [5.41, 5.74) is -1.42. The Morgan fingerprint density at radius 3 is 2.65 bits per heavy atom. The van der Waals surface area contributed by atoms with Crippen molar-refractivity contribution >= 4 is 10.0 Å². The molecule has 0 aromatic heterocycles. The Balaban J connectivity index is 1.71. The van der Waals surface area contributed by atoms with Gasteiger partial charge in [0.25, 0.3) is 0 Å². The molecule has 1 aliphatic heterocycles. The van der Waals surface area contributed by atoms with E-state index in [1.807, 2.05) is 0 Å². The van der Waals surface area contributed by atoms with Gasteiger partial charge in [0.1, 0.15) is 17.2 Å². The van der Waals surface area contributed by atoms with E-state index in [0.717, 1.165) is 18.2 Å². The van der Waals surface area contributed by atoms with Crippen molar-refractivity contribution in [2.24, 2.45) is 0 Å². The second-order valence-corrected chi connectivity index (χ2v) is 7.96. The van der Waals surface area contributed by atoms with Gasteiger partial charge in [-0.25, -0.2) is 21.9 Å². The Bertz CT molecular complexity index is 931. The van der Waals surface area contributed by atoms with Crippen LogP contribution in [-0.2, 0) is 21.4 Å². The fourth-order valence-electron chi connectivity index (χ4n) is 2.49. The molecule has 140 valence electrons. The van der Waals surface area contributed by atoms with Crippen LogP contribution in [0.25, 0.3) is 0 Å². The van der Waals surface area contributed by atoms with E-state index in [1.54, 1.807) is 18.2 Å². The van der Waals surface area contributed by atoms with Gasteiger partial charge in [0.2, 0.25) is 16.8 Å². The Labute approximate surface area is 149 Å². The number of aliphatic hydroxyl groups is 1. The summed E-state index contributed by atoms with van der Waals surface area (Å²) in [6.45, 7) is 1.15. The summed E-state index contributed by atoms with van der Waals surface area (Å²) >= 11 is 0. The molecule has 0 radical (unpaired) electrons. The SMILES string of the molecule is CC(O)(CNS(=O)(=O)Cc1cc(F)ccc1F)c1ccc2c(c1)OCO2. The summed E-state index contributed by atoms with van der Waals surface area (Å²) in [5, 5.41) is 10.6. The van der Waals surface area contributed by atoms with Crippen LogP contribution < -0.4 is 14.2 Å². The smallest absolute Gasteiger partial charge is 0.231 e. The lowest BCUT2D eigenvalue weighted by Gasteiger charge is -2.24. The van der Waals surface area contributed by atoms with Crippen LogP contribution in [0.3, 0.4) is 0 Å². The highest BCUT2D eigenvalue weighted by atomic mass is 32.2. The first-order valence-electron chi connectivity index (χ1n) is 7.70. The molecule has 3 rings (SSSR count). The van der Waals surface area contributed by atoms with Gasteiger partial charge in [0, 0.05) is 12.1 Å². The molecule has 26 heavy (non-hydrogen) atoms. The molecule has 0 aliphatic carbocycles. The highest BCUT2D eigenvalue weighted by molar-refractivity contribution is 7.88. The number of hydrogen-bond acceptors (Lipinski definition) is 5. The zero-order valence-corrected chi connectivity index (χ0v) is 14.6. The number of nitrogens with one attached hydrogen (secondary N) is 1. The third-order valence-corrected chi connectivity index (χ3v) is 5.26. The number of sulfonamides is 1. The summed E-state index contributed by atoms with van der Waals surface area (Å²) in [5.74, 6) is -1.31. The molecule has 0 spiro atoms. The maximum atomic E-state index is 13.6. The molecule has 0 saturated carbocycles. The molecule has 0 saturated heterocycles. The number of ether oxygens (including phenoxy) is 2. The summed E-state index contributed by atoms with van der Waals surface area (Å²) in [4.78, 5) is 0. The predicted octanol–water partition coefficient (Wildman–Crippen LogP) is 2.02. The van der Waals surface area contributed by atoms with Gasteiger partial charge < -0.3 is 14.6 Å². The zero-order chi connectivity index (χ0) is 18.9. The molecular weight excluding hydrogens is 368 g/mol. The Morgan fingerprint density at radius 2 is 1.88 bits per heavy atom. The summed E-state index contributed by atoms with van der Waals surface area (Å²) < 4.78 is 63.8. The Hall–Kier alpha value is -2.23. The lowest BCUT2D eigenvalue weighted by atomic mass is 9.96. The van der Waals surface area contributed by atoms with Gasteiger partial charge in [-0.3, -0.25) is 0 Å². The van der Waals surface area contributed by atoms with Crippen molar-refractivity contribution in [3.63, 3.8) is 0 Å². The van der Waals surface area contributed by atoms with Gasteiger partial charge in [-0.05, 0) is 42.8 Å². The minimum atomic E-state index is -4.00. The fourth-order valence-corrected chi connectivity index (χ4v) is 3.73. The van der Waals surface area contributed by atoms with Crippen LogP contribution in [0.1, 0.15) is 18.1 Å². The van der Waals surface area contributed by atoms with Crippen LogP contribution in [0.5, 0.6) is 11.5 Å². The maximum absolute atomic E-state index is 13.6. The number of benzene rings is 2. The van der Waals surface area contributed by atoms with E-state index in [0.29, 0.717) is 17.1 Å². The van der Waals surface area contributed by atoms with Gasteiger partial charge in [0.15, 0.2) is 11.5 Å². The molecular formula is C17H17F2NO5S. The van der Waals surface area contributed by atoms with E-state index in [1.165, 1.54) is 6.92 Å². The van der Waals surface area contributed by atoms with Crippen molar-refractivity contribution in [2.45, 2.75) is 18.3 Å². The minimum absolute atomic E-state index is 0.0761. The number of halogens is 2. The molecule has 1 aliphatic rings. The van der Waals surface area contributed by atoms with Gasteiger partial charge in [-0.2, -0.15) is 0 Å². The van der Waals surface area contributed by atoms with Gasteiger partial charge in [0.05, 0.1) is 5.75 Å². The van der Waals surface area contributed by atoms with E-state index in [-0.39, 0.29) is 18.9 Å². The highest BCUT2D eigenvalue weighted by Gasteiger charge is 2.28. The molecule has 1 heterocycles. The van der Waals surface area contributed by atoms with Crippen molar-refractivity contribution in [1.82, 2.24) is 4.72 Å². The average Bonchev–Trinajstić information content (AvgIpc) is 3.04. The molecule has 2 aromatic carbocycles. The minimum Gasteiger partial charge on any atom is -0.454 e. The second kappa shape index (κ2) is 6.82. The zero-order valence-electron chi connectivity index (χ0n) is 13.8. The van der Waals surface area contributed by atoms with E-state index in [4.69, 9.17) is 9.47 Å². The first-order chi connectivity index (χ1) is 12.2. The van der Waals surface area contributed by atoms with Crippen molar-refractivity contribution in [3.8, 4) is 11.5 Å². The molecule has 1 unspecified atom stereocenters. The van der Waals surface area contributed by atoms with Crippen LogP contribution >= 0.6 is 0 Å². The van der Waals surface area contributed by atoms with E-state index >= 15 is 0 Å². The molecule has 0 fully saturated rings. The van der Waals surface area contributed by atoms with Crippen LogP contribution in [0.2, 0.25) is 0 Å². The van der Waals surface area contributed by atoms with Crippen molar-refractivity contribution < 1.29 is 31.8 Å². The van der Waals surface area contributed by atoms with E-state index in [9.17, 15) is 22.3 Å². The van der Waals surface area contributed by atoms with E-state index in [2.05, 4.69) is 4.72 Å². The number of rotatable bonds is 6. The van der Waals surface area contributed by atoms with Crippen molar-refractivity contribution in [3.05, 3.63) is 59.2 Å². The van der Waals surface area contributed by atoms with Crippen LogP contribution in [0.15, 0.2) is 36.4 Å². The maximum Gasteiger partial charge on any atom is 0.231 e. The Morgan fingerprint density at radius 1 is 1.15 bits per heavy atom. The quantitative estimate of drug-likeness (QED) is 0.795.